The van der Waals surface area contributed by atoms with Crippen LogP contribution in [0, 0.1) is 0 Å². The average Bonchev–Trinajstić information content (AvgIpc) is 3.48. The van der Waals surface area contributed by atoms with Crippen molar-refractivity contribution >= 4 is 17.6 Å². The smallest absolute Gasteiger partial charge is 0.317 e. The van der Waals surface area contributed by atoms with E-state index in [4.69, 9.17) is 14.8 Å². The number of urea groups is 1. The van der Waals surface area contributed by atoms with Crippen LogP contribution < -0.4 is 10.2 Å². The summed E-state index contributed by atoms with van der Waals surface area (Å²) in [5, 5.41) is 7.85. The number of fused-ring (bicyclic) bond motifs is 4. The van der Waals surface area contributed by atoms with E-state index in [1.54, 1.807) is 0 Å². The van der Waals surface area contributed by atoms with Gasteiger partial charge in [0.25, 0.3) is 0 Å². The van der Waals surface area contributed by atoms with Gasteiger partial charge in [-0.25, -0.2) is 24.3 Å². The van der Waals surface area contributed by atoms with Crippen molar-refractivity contribution in [1.29, 1.82) is 0 Å². The molecule has 0 bridgehead atoms. The molecule has 0 saturated carbocycles. The highest BCUT2D eigenvalue weighted by Gasteiger charge is 2.36. The molecule has 35 heavy (non-hydrogen) atoms. The number of amides is 2. The van der Waals surface area contributed by atoms with Crippen molar-refractivity contribution in [1.82, 2.24) is 34.8 Å². The minimum atomic E-state index is 0.0233. The second kappa shape index (κ2) is 8.02. The Morgan fingerprint density at radius 2 is 1.89 bits per heavy atom. The zero-order valence-corrected chi connectivity index (χ0v) is 19.0. The quantitative estimate of drug-likeness (QED) is 0.491. The number of aromatic nitrogens is 5. The van der Waals surface area contributed by atoms with Gasteiger partial charge in [0, 0.05) is 44.1 Å². The molecule has 6 heterocycles. The molecule has 2 fully saturated rings. The van der Waals surface area contributed by atoms with Gasteiger partial charge in [-0.2, -0.15) is 5.10 Å². The molecular formula is C25H24N8O2. The van der Waals surface area contributed by atoms with E-state index in [2.05, 4.69) is 32.3 Å². The summed E-state index contributed by atoms with van der Waals surface area (Å²) in [4.78, 5) is 29.9. The van der Waals surface area contributed by atoms with E-state index in [-0.39, 0.29) is 18.0 Å². The van der Waals surface area contributed by atoms with Crippen molar-refractivity contribution in [2.24, 2.45) is 0 Å². The Bertz CT molecular complexity index is 1400. The number of carbonyl (C=O) groups is 1. The lowest BCUT2D eigenvalue weighted by atomic mass is 9.94. The summed E-state index contributed by atoms with van der Waals surface area (Å²) in [7, 11) is 0. The molecule has 2 amide bonds. The standard InChI is InChI=1S/C25H24N8O2/c34-25-28-12-18-13-31(8-9-32(18)25)24-26-10-17(11-27-24)20-6-7-22-29-21-15-35-14-19(23(21)33(22)30-20)16-4-2-1-3-5-16/h1-7,10-11,18-19H,8-9,12-15H2,(H,28,34)/t18-,19-/m1/s1. The number of benzene rings is 1. The summed E-state index contributed by atoms with van der Waals surface area (Å²) in [6.07, 6.45) is 3.64. The number of nitrogens with zero attached hydrogens (tertiary/aromatic N) is 7. The molecule has 3 aromatic heterocycles. The lowest BCUT2D eigenvalue weighted by molar-refractivity contribution is 0.0952. The maximum Gasteiger partial charge on any atom is 0.317 e. The fourth-order valence-corrected chi connectivity index (χ4v) is 5.30. The summed E-state index contributed by atoms with van der Waals surface area (Å²) >= 11 is 0. The van der Waals surface area contributed by atoms with E-state index in [0.717, 1.165) is 41.4 Å². The van der Waals surface area contributed by atoms with Crippen LogP contribution in [0.2, 0.25) is 0 Å². The van der Waals surface area contributed by atoms with Crippen LogP contribution in [0.5, 0.6) is 0 Å². The Balaban J connectivity index is 1.19. The normalized spacial score (nSPS) is 21.7. The molecule has 0 spiro atoms. The Morgan fingerprint density at radius 1 is 1.03 bits per heavy atom. The van der Waals surface area contributed by atoms with Crippen LogP contribution in [0.4, 0.5) is 10.7 Å². The largest absolute Gasteiger partial charge is 0.374 e. The van der Waals surface area contributed by atoms with Gasteiger partial charge >= 0.3 is 6.03 Å². The molecule has 10 heteroatoms. The van der Waals surface area contributed by atoms with Gasteiger partial charge in [-0.15, -0.1) is 0 Å². The van der Waals surface area contributed by atoms with E-state index in [0.29, 0.717) is 32.3 Å². The highest BCUT2D eigenvalue weighted by atomic mass is 16.5. The van der Waals surface area contributed by atoms with Gasteiger partial charge in [0.1, 0.15) is 0 Å². The predicted molar refractivity (Wildman–Crippen MR) is 128 cm³/mol. The maximum atomic E-state index is 11.9. The van der Waals surface area contributed by atoms with Crippen molar-refractivity contribution in [2.45, 2.75) is 18.6 Å². The van der Waals surface area contributed by atoms with Crippen molar-refractivity contribution in [3.63, 3.8) is 0 Å². The maximum absolute atomic E-state index is 11.9. The third-order valence-electron chi connectivity index (χ3n) is 7.09. The van der Waals surface area contributed by atoms with Gasteiger partial charge in [0.2, 0.25) is 5.95 Å². The molecular weight excluding hydrogens is 444 g/mol. The summed E-state index contributed by atoms with van der Waals surface area (Å²) in [5.41, 5.74) is 5.64. The lowest BCUT2D eigenvalue weighted by Gasteiger charge is -2.36. The molecule has 2 atom stereocenters. The molecule has 3 aliphatic rings. The van der Waals surface area contributed by atoms with E-state index < -0.39 is 0 Å². The van der Waals surface area contributed by atoms with Crippen LogP contribution in [0.3, 0.4) is 0 Å². The molecule has 7 rings (SSSR count). The first kappa shape index (κ1) is 20.3. The summed E-state index contributed by atoms with van der Waals surface area (Å²) in [6.45, 7) is 3.89. The number of hydrogen-bond acceptors (Lipinski definition) is 7. The van der Waals surface area contributed by atoms with Crippen LogP contribution in [0.1, 0.15) is 22.9 Å². The zero-order valence-electron chi connectivity index (χ0n) is 19.0. The molecule has 0 radical (unpaired) electrons. The van der Waals surface area contributed by atoms with Gasteiger partial charge in [-0.3, -0.25) is 0 Å². The second-order valence-electron chi connectivity index (χ2n) is 9.16. The number of imidazole rings is 1. The van der Waals surface area contributed by atoms with Gasteiger partial charge in [0.15, 0.2) is 5.65 Å². The Morgan fingerprint density at radius 3 is 2.74 bits per heavy atom. The average molecular weight is 469 g/mol. The zero-order chi connectivity index (χ0) is 23.4. The highest BCUT2D eigenvalue weighted by Crippen LogP contribution is 2.33. The molecule has 10 nitrogen and oxygen atoms in total. The third-order valence-corrected chi connectivity index (χ3v) is 7.09. The fourth-order valence-electron chi connectivity index (χ4n) is 5.30. The van der Waals surface area contributed by atoms with E-state index in [9.17, 15) is 4.79 Å². The van der Waals surface area contributed by atoms with Crippen molar-refractivity contribution in [3.05, 3.63) is 71.8 Å². The number of piperazine rings is 1. The first-order valence-corrected chi connectivity index (χ1v) is 11.9. The van der Waals surface area contributed by atoms with Crippen LogP contribution in [-0.2, 0) is 11.3 Å². The second-order valence-corrected chi connectivity index (χ2v) is 9.16. The van der Waals surface area contributed by atoms with Crippen LogP contribution in [0.25, 0.3) is 16.9 Å². The monoisotopic (exact) mass is 468 g/mol. The SMILES string of the molecule is O=C1NC[C@@H]2CN(c3ncc(-c4ccc5nc6c(n5n4)[C@@H](c4ccccc4)COC6)cn3)CCN12. The molecule has 0 unspecified atom stereocenters. The van der Waals surface area contributed by atoms with E-state index in [1.165, 1.54) is 5.56 Å². The number of carbonyl (C=O) groups excluding carboxylic acids is 1. The predicted octanol–water partition coefficient (Wildman–Crippen LogP) is 2.06. The molecule has 2 saturated heterocycles. The molecule has 1 N–H and O–H groups in total. The fraction of sp³-hybridized carbons (Fsp3) is 0.320. The van der Waals surface area contributed by atoms with Crippen LogP contribution >= 0.6 is 0 Å². The first-order chi connectivity index (χ1) is 17.2. The third kappa shape index (κ3) is 3.40. The van der Waals surface area contributed by atoms with Gasteiger partial charge in [0.05, 0.1) is 42.3 Å². The molecule has 1 aromatic carbocycles. The number of anilines is 1. The van der Waals surface area contributed by atoms with E-state index >= 15 is 0 Å². The Kier molecular flexibility index (Phi) is 4.66. The van der Waals surface area contributed by atoms with Crippen LogP contribution in [0.15, 0.2) is 54.9 Å². The molecule has 4 aromatic rings. The van der Waals surface area contributed by atoms with Crippen molar-refractivity contribution in [2.75, 3.05) is 37.7 Å². The van der Waals surface area contributed by atoms with Crippen LogP contribution in [-0.4, -0.2) is 74.3 Å². The highest BCUT2D eigenvalue weighted by molar-refractivity contribution is 5.77. The van der Waals surface area contributed by atoms with Crippen molar-refractivity contribution in [3.8, 4) is 11.3 Å². The first-order valence-electron chi connectivity index (χ1n) is 11.9. The van der Waals surface area contributed by atoms with Gasteiger partial charge in [-0.05, 0) is 17.7 Å². The number of nitrogens with one attached hydrogen (secondary N) is 1. The lowest BCUT2D eigenvalue weighted by Crippen LogP contribution is -2.52. The van der Waals surface area contributed by atoms with E-state index in [1.807, 2.05) is 52.1 Å². The summed E-state index contributed by atoms with van der Waals surface area (Å²) in [5.74, 6) is 0.752. The van der Waals surface area contributed by atoms with Gasteiger partial charge in [-0.1, -0.05) is 30.3 Å². The number of rotatable bonds is 3. The summed E-state index contributed by atoms with van der Waals surface area (Å²) in [6, 6.07) is 14.5. The minimum absolute atomic E-state index is 0.0233. The Labute approximate surface area is 201 Å². The molecule has 3 aliphatic heterocycles. The molecule has 0 aliphatic carbocycles. The number of ether oxygens (including phenoxy) is 1. The summed E-state index contributed by atoms with van der Waals surface area (Å²) < 4.78 is 7.80. The minimum Gasteiger partial charge on any atom is -0.374 e. The topological polar surface area (TPSA) is 101 Å². The number of hydrogen-bond donors (Lipinski definition) is 1. The van der Waals surface area contributed by atoms with Crippen molar-refractivity contribution < 1.29 is 9.53 Å². The van der Waals surface area contributed by atoms with Gasteiger partial charge < -0.3 is 19.9 Å². The Hall–Kier alpha value is -4.05. The molecule has 176 valence electrons.